The molecule has 1 aliphatic carbocycles. The van der Waals surface area contributed by atoms with Crippen molar-refractivity contribution < 1.29 is 4.74 Å². The molecule has 2 fully saturated rings. The number of benzene rings is 1. The summed E-state index contributed by atoms with van der Waals surface area (Å²) in [6.07, 6.45) is 8.51. The lowest BCUT2D eigenvalue weighted by Gasteiger charge is -2.31. The van der Waals surface area contributed by atoms with Crippen LogP contribution in [-0.4, -0.2) is 25.3 Å². The molecule has 1 saturated carbocycles. The third-order valence-electron chi connectivity index (χ3n) is 4.56. The highest BCUT2D eigenvalue weighted by Crippen LogP contribution is 2.29. The Morgan fingerprint density at radius 3 is 2.58 bits per heavy atom. The summed E-state index contributed by atoms with van der Waals surface area (Å²) in [7, 11) is 0. The molecule has 2 nitrogen and oxygen atoms in total. The molecule has 19 heavy (non-hydrogen) atoms. The van der Waals surface area contributed by atoms with E-state index >= 15 is 0 Å². The summed E-state index contributed by atoms with van der Waals surface area (Å²) in [6, 6.07) is 11.2. The summed E-state index contributed by atoms with van der Waals surface area (Å²) < 4.78 is 6.06. The molecule has 2 heteroatoms. The molecule has 3 rings (SSSR count). The number of nitrogens with one attached hydrogen (secondary N) is 1. The molecule has 1 saturated heterocycles. The van der Waals surface area contributed by atoms with Gasteiger partial charge in [0, 0.05) is 12.6 Å². The molecule has 1 aromatic rings. The number of rotatable bonds is 4. The molecule has 1 aliphatic heterocycles. The van der Waals surface area contributed by atoms with Crippen molar-refractivity contribution in [3.05, 3.63) is 35.9 Å². The molecule has 2 unspecified atom stereocenters. The van der Waals surface area contributed by atoms with Gasteiger partial charge in [0.1, 0.15) is 0 Å². The third-order valence-corrected chi connectivity index (χ3v) is 4.56. The van der Waals surface area contributed by atoms with Gasteiger partial charge < -0.3 is 10.1 Å². The van der Waals surface area contributed by atoms with Gasteiger partial charge in [-0.15, -0.1) is 0 Å². The molecular formula is C17H25NO. The van der Waals surface area contributed by atoms with E-state index in [1.54, 1.807) is 0 Å². The number of hydrogen-bond donors (Lipinski definition) is 1. The van der Waals surface area contributed by atoms with E-state index in [0.29, 0.717) is 12.1 Å². The van der Waals surface area contributed by atoms with Crippen molar-refractivity contribution in [1.82, 2.24) is 5.32 Å². The van der Waals surface area contributed by atoms with Gasteiger partial charge in [0.05, 0.1) is 12.7 Å². The topological polar surface area (TPSA) is 21.3 Å². The van der Waals surface area contributed by atoms with Crippen LogP contribution in [0.5, 0.6) is 0 Å². The number of hydrogen-bond acceptors (Lipinski definition) is 2. The van der Waals surface area contributed by atoms with Gasteiger partial charge in [0.25, 0.3) is 0 Å². The molecule has 0 amide bonds. The van der Waals surface area contributed by atoms with Crippen molar-refractivity contribution in [2.24, 2.45) is 5.92 Å². The van der Waals surface area contributed by atoms with Crippen LogP contribution in [0.15, 0.2) is 30.3 Å². The highest BCUT2D eigenvalue weighted by atomic mass is 16.5. The first-order chi connectivity index (χ1) is 9.40. The van der Waals surface area contributed by atoms with Crippen LogP contribution in [0.3, 0.4) is 0 Å². The van der Waals surface area contributed by atoms with Crippen LogP contribution in [0, 0.1) is 5.92 Å². The van der Waals surface area contributed by atoms with Gasteiger partial charge in [-0.25, -0.2) is 0 Å². The van der Waals surface area contributed by atoms with Gasteiger partial charge in [-0.1, -0.05) is 56.0 Å². The second-order valence-electron chi connectivity index (χ2n) is 6.14. The van der Waals surface area contributed by atoms with Gasteiger partial charge >= 0.3 is 0 Å². The van der Waals surface area contributed by atoms with E-state index in [-0.39, 0.29) is 0 Å². The molecule has 2 atom stereocenters. The van der Waals surface area contributed by atoms with Gasteiger partial charge in [-0.05, 0) is 24.3 Å². The maximum atomic E-state index is 6.06. The Morgan fingerprint density at radius 1 is 1.11 bits per heavy atom. The largest absolute Gasteiger partial charge is 0.375 e. The van der Waals surface area contributed by atoms with Gasteiger partial charge in [0.2, 0.25) is 0 Å². The number of ether oxygens (including phenoxy) is 1. The lowest BCUT2D eigenvalue weighted by molar-refractivity contribution is -0.00820. The molecule has 0 spiro atoms. The van der Waals surface area contributed by atoms with Crippen molar-refractivity contribution >= 4 is 0 Å². The molecular weight excluding hydrogens is 234 g/mol. The maximum Gasteiger partial charge on any atom is 0.0703 e. The van der Waals surface area contributed by atoms with Crippen molar-refractivity contribution in [2.75, 3.05) is 13.2 Å². The molecule has 1 N–H and O–H groups in total. The van der Waals surface area contributed by atoms with Crippen LogP contribution in [0.4, 0.5) is 0 Å². The van der Waals surface area contributed by atoms with Crippen molar-refractivity contribution in [3.63, 3.8) is 0 Å². The fourth-order valence-corrected chi connectivity index (χ4v) is 3.47. The van der Waals surface area contributed by atoms with Crippen LogP contribution >= 0.6 is 0 Å². The molecule has 1 heterocycles. The van der Waals surface area contributed by atoms with E-state index in [1.807, 2.05) is 0 Å². The molecule has 0 bridgehead atoms. The fourth-order valence-electron chi connectivity index (χ4n) is 3.47. The van der Waals surface area contributed by atoms with Crippen LogP contribution in [0.25, 0.3) is 0 Å². The molecule has 0 aromatic heterocycles. The molecule has 0 radical (unpaired) electrons. The summed E-state index contributed by atoms with van der Waals surface area (Å²) in [5.74, 6) is 0.928. The lowest BCUT2D eigenvalue weighted by atomic mass is 9.98. The molecule has 2 aliphatic rings. The van der Waals surface area contributed by atoms with Gasteiger partial charge in [-0.3, -0.25) is 0 Å². The minimum Gasteiger partial charge on any atom is -0.375 e. The second kappa shape index (κ2) is 6.53. The van der Waals surface area contributed by atoms with E-state index in [4.69, 9.17) is 4.74 Å². The van der Waals surface area contributed by atoms with E-state index in [9.17, 15) is 0 Å². The van der Waals surface area contributed by atoms with E-state index in [2.05, 4.69) is 35.6 Å². The Morgan fingerprint density at radius 2 is 1.89 bits per heavy atom. The Bertz CT molecular complexity index is 364. The first-order valence-corrected chi connectivity index (χ1v) is 7.79. The standard InChI is InChI=1S/C17H25NO/c1-2-6-14(7-3-1)10-16-13-19-17(12-18-16)11-15-8-4-5-9-15/h1-3,6-7,15-18H,4-5,8-13H2. The average Bonchev–Trinajstić information content (AvgIpc) is 2.95. The Kier molecular flexibility index (Phi) is 4.52. The Hall–Kier alpha value is -0.860. The maximum absolute atomic E-state index is 6.06. The normalized spacial score (nSPS) is 28.6. The minimum absolute atomic E-state index is 0.454. The summed E-state index contributed by atoms with van der Waals surface area (Å²) in [4.78, 5) is 0. The quantitative estimate of drug-likeness (QED) is 0.897. The summed E-state index contributed by atoms with van der Waals surface area (Å²) in [5.41, 5.74) is 1.40. The van der Waals surface area contributed by atoms with Crippen molar-refractivity contribution in [2.45, 2.75) is 50.7 Å². The monoisotopic (exact) mass is 259 g/mol. The fraction of sp³-hybridized carbons (Fsp3) is 0.647. The minimum atomic E-state index is 0.454. The molecule has 104 valence electrons. The van der Waals surface area contributed by atoms with Crippen LogP contribution in [-0.2, 0) is 11.2 Å². The SMILES string of the molecule is c1ccc(CC2COC(CC3CCCC3)CN2)cc1. The summed E-state index contributed by atoms with van der Waals surface area (Å²) in [5, 5.41) is 3.67. The smallest absolute Gasteiger partial charge is 0.0703 e. The van der Waals surface area contributed by atoms with Gasteiger partial charge in [0.15, 0.2) is 0 Å². The third kappa shape index (κ3) is 3.80. The zero-order chi connectivity index (χ0) is 12.9. The average molecular weight is 259 g/mol. The van der Waals surface area contributed by atoms with Crippen LogP contribution in [0.1, 0.15) is 37.7 Å². The molecule has 1 aromatic carbocycles. The zero-order valence-electron chi connectivity index (χ0n) is 11.7. The summed E-state index contributed by atoms with van der Waals surface area (Å²) in [6.45, 7) is 1.90. The van der Waals surface area contributed by atoms with Crippen molar-refractivity contribution in [1.29, 1.82) is 0 Å². The lowest BCUT2D eigenvalue weighted by Crippen LogP contribution is -2.47. The first kappa shape index (κ1) is 13.1. The predicted octanol–water partition coefficient (Wildman–Crippen LogP) is 3.17. The first-order valence-electron chi connectivity index (χ1n) is 7.79. The highest BCUT2D eigenvalue weighted by Gasteiger charge is 2.25. The Labute approximate surface area is 116 Å². The second-order valence-corrected chi connectivity index (χ2v) is 6.14. The zero-order valence-corrected chi connectivity index (χ0v) is 11.7. The van der Waals surface area contributed by atoms with E-state index < -0.39 is 0 Å². The van der Waals surface area contributed by atoms with Crippen molar-refractivity contribution in [3.8, 4) is 0 Å². The highest BCUT2D eigenvalue weighted by molar-refractivity contribution is 5.16. The van der Waals surface area contributed by atoms with E-state index in [0.717, 1.165) is 25.5 Å². The van der Waals surface area contributed by atoms with Gasteiger partial charge in [-0.2, -0.15) is 0 Å². The summed E-state index contributed by atoms with van der Waals surface area (Å²) >= 11 is 0. The Balaban J connectivity index is 1.41. The van der Waals surface area contributed by atoms with Crippen LogP contribution < -0.4 is 5.32 Å². The predicted molar refractivity (Wildman–Crippen MR) is 78.3 cm³/mol. The number of morpholine rings is 1. The van der Waals surface area contributed by atoms with E-state index in [1.165, 1.54) is 37.7 Å². The van der Waals surface area contributed by atoms with Crippen LogP contribution in [0.2, 0.25) is 0 Å².